The van der Waals surface area contributed by atoms with Crippen molar-refractivity contribution in [3.8, 4) is 5.69 Å². The third-order valence-corrected chi connectivity index (χ3v) is 2.67. The van der Waals surface area contributed by atoms with Crippen molar-refractivity contribution < 1.29 is 29.2 Å². The van der Waals surface area contributed by atoms with Crippen LogP contribution in [0.15, 0.2) is 36.7 Å². The molecule has 0 atom stereocenters. The van der Waals surface area contributed by atoms with E-state index in [1.807, 2.05) is 0 Å². The summed E-state index contributed by atoms with van der Waals surface area (Å²) in [5, 5.41) is 0. The zero-order valence-corrected chi connectivity index (χ0v) is 11.5. The van der Waals surface area contributed by atoms with E-state index in [2.05, 4.69) is 0 Å². The van der Waals surface area contributed by atoms with Crippen molar-refractivity contribution >= 4 is 27.8 Å². The van der Waals surface area contributed by atoms with Crippen LogP contribution < -0.4 is 3.87 Å². The van der Waals surface area contributed by atoms with Crippen LogP contribution >= 0.6 is 24.0 Å². The van der Waals surface area contributed by atoms with Crippen LogP contribution in [0.2, 0.25) is 0 Å². The van der Waals surface area contributed by atoms with E-state index in [0.29, 0.717) is 5.69 Å². The molecular weight excluding hydrogens is 347 g/mol. The van der Waals surface area contributed by atoms with Gasteiger partial charge in [-0.1, -0.05) is 0 Å². The van der Waals surface area contributed by atoms with Crippen LogP contribution in [0, 0.1) is 11.6 Å². The van der Waals surface area contributed by atoms with Crippen LogP contribution in [0.25, 0.3) is 5.69 Å². The molecule has 0 N–H and O–H groups in total. The molecule has 2 aromatic rings. The van der Waals surface area contributed by atoms with Crippen molar-refractivity contribution in [2.75, 3.05) is 0 Å². The Balaban J connectivity index is 0.00000112. The summed E-state index contributed by atoms with van der Waals surface area (Å²) in [6.45, 7) is 0. The number of hydrogen-bond donors (Lipinski definition) is 0. The van der Waals surface area contributed by atoms with Crippen molar-refractivity contribution in [3.05, 3.63) is 48.3 Å². The Bertz CT molecular complexity index is 457. The van der Waals surface area contributed by atoms with Crippen LogP contribution in [-0.4, -0.2) is 4.57 Å². The number of benzene rings is 1. The van der Waals surface area contributed by atoms with Gasteiger partial charge in [0, 0.05) is 0 Å². The standard InChI is InChI=1S/C10H6F2N.HI.Ti/c11-8-3-4-10(9(12)7-8)13-5-1-2-6-13;;/h1-6H;1H;. The summed E-state index contributed by atoms with van der Waals surface area (Å²) in [5.74, 6) is -1.03. The van der Waals surface area contributed by atoms with E-state index in [1.165, 1.54) is 32.6 Å². The zero-order valence-electron chi connectivity index (χ0n) is 7.58. The van der Waals surface area contributed by atoms with Crippen molar-refractivity contribution in [1.29, 1.82) is 0 Å². The molecular formula is C10H7F2INTi. The van der Waals surface area contributed by atoms with Crippen LogP contribution in [0.5, 0.6) is 0 Å². The fourth-order valence-corrected chi connectivity index (χ4v) is 1.57. The molecule has 0 radical (unpaired) electrons. The van der Waals surface area contributed by atoms with Crippen LogP contribution in [0.3, 0.4) is 0 Å². The normalized spacial score (nSPS) is 9.67. The largest absolute Gasteiger partial charge is 0.107 e. The number of hydrogen-bond acceptors (Lipinski definition) is 0. The molecule has 0 aliphatic heterocycles. The molecule has 0 bridgehead atoms. The fourth-order valence-electron chi connectivity index (χ4n) is 1.24. The monoisotopic (exact) mass is 354 g/mol. The van der Waals surface area contributed by atoms with Gasteiger partial charge in [-0.2, -0.15) is 0 Å². The molecule has 0 saturated heterocycles. The first-order valence-corrected chi connectivity index (χ1v) is 4.81. The second-order valence-corrected chi connectivity index (χ2v) is 3.63. The maximum Gasteiger partial charge on any atom is -0.107 e. The van der Waals surface area contributed by atoms with Crippen molar-refractivity contribution in [2.24, 2.45) is 0 Å². The van der Waals surface area contributed by atoms with E-state index in [-0.39, 0.29) is 27.8 Å². The first kappa shape index (κ1) is 12.9. The van der Waals surface area contributed by atoms with Gasteiger partial charge in [0.05, 0.1) is 0 Å². The Kier molecular flexibility index (Phi) is 4.49. The molecule has 15 heavy (non-hydrogen) atoms. The van der Waals surface area contributed by atoms with Gasteiger partial charge in [0.25, 0.3) is 0 Å². The summed E-state index contributed by atoms with van der Waals surface area (Å²) in [4.78, 5) is 0. The van der Waals surface area contributed by atoms with Gasteiger partial charge in [0.1, 0.15) is 0 Å². The summed E-state index contributed by atoms with van der Waals surface area (Å²) in [5.41, 5.74) is 0.369. The Hall–Kier alpha value is -0.196. The van der Waals surface area contributed by atoms with Gasteiger partial charge in [-0.3, -0.25) is 0 Å². The predicted molar refractivity (Wildman–Crippen MR) is 60.7 cm³/mol. The molecule has 0 unspecified atom stereocenters. The number of aromatic nitrogens is 1. The molecule has 0 saturated carbocycles. The Morgan fingerprint density at radius 1 is 1.07 bits per heavy atom. The molecule has 0 aliphatic rings. The maximum absolute atomic E-state index is 13.6. The number of halogens is 3. The van der Waals surface area contributed by atoms with E-state index >= 15 is 0 Å². The molecule has 0 spiro atoms. The SMILES string of the molecule is Fc1ccc(-n2cccc2)c(F)[c]1[Ti].I. The molecule has 5 heteroatoms. The molecule has 0 aliphatic carbocycles. The van der Waals surface area contributed by atoms with Crippen molar-refractivity contribution in [2.45, 2.75) is 0 Å². The Morgan fingerprint density at radius 2 is 1.67 bits per heavy atom. The third-order valence-electron chi connectivity index (χ3n) is 1.95. The topological polar surface area (TPSA) is 4.93 Å². The second kappa shape index (κ2) is 5.23. The maximum atomic E-state index is 13.6. The average molecular weight is 354 g/mol. The Labute approximate surface area is 115 Å². The molecule has 0 fully saturated rings. The Morgan fingerprint density at radius 3 is 2.27 bits per heavy atom. The van der Waals surface area contributed by atoms with Gasteiger partial charge in [-0.15, -0.1) is 24.0 Å². The van der Waals surface area contributed by atoms with E-state index in [0.717, 1.165) is 0 Å². The first-order chi connectivity index (χ1) is 6.70. The minimum atomic E-state index is -0.515. The smallest absolute Gasteiger partial charge is 0.107 e. The average Bonchev–Trinajstić information content (AvgIpc) is 2.67. The van der Waals surface area contributed by atoms with Gasteiger partial charge in [0.2, 0.25) is 0 Å². The quantitative estimate of drug-likeness (QED) is 0.548. The van der Waals surface area contributed by atoms with E-state index in [1.54, 1.807) is 29.1 Å². The van der Waals surface area contributed by atoms with Crippen LogP contribution in [0.4, 0.5) is 8.78 Å². The van der Waals surface area contributed by atoms with Gasteiger partial charge in [-0.05, 0) is 0 Å². The molecule has 1 heterocycles. The molecule has 1 nitrogen and oxygen atoms in total. The van der Waals surface area contributed by atoms with Gasteiger partial charge in [-0.25, -0.2) is 0 Å². The summed E-state index contributed by atoms with van der Waals surface area (Å²) in [6.07, 6.45) is 3.44. The van der Waals surface area contributed by atoms with Gasteiger partial charge < -0.3 is 0 Å². The molecule has 2 rings (SSSR count). The van der Waals surface area contributed by atoms with Gasteiger partial charge >= 0.3 is 91.6 Å². The minimum Gasteiger partial charge on any atom is -0.107 e. The first-order valence-electron chi connectivity index (χ1n) is 4.03. The molecule has 1 aromatic heterocycles. The second-order valence-electron chi connectivity index (χ2n) is 2.85. The van der Waals surface area contributed by atoms with Crippen LogP contribution in [0.1, 0.15) is 0 Å². The molecule has 1 aromatic carbocycles. The summed E-state index contributed by atoms with van der Waals surface area (Å²) >= 11 is 1.43. The van der Waals surface area contributed by atoms with E-state index in [4.69, 9.17) is 0 Å². The summed E-state index contributed by atoms with van der Waals surface area (Å²) in [7, 11) is 0. The summed E-state index contributed by atoms with van der Waals surface area (Å²) < 4.78 is 28.2. The number of rotatable bonds is 1. The zero-order chi connectivity index (χ0) is 10.1. The number of nitrogens with zero attached hydrogens (tertiary/aromatic N) is 1. The van der Waals surface area contributed by atoms with Crippen molar-refractivity contribution in [1.82, 2.24) is 4.57 Å². The van der Waals surface area contributed by atoms with Crippen molar-refractivity contribution in [3.63, 3.8) is 0 Å². The van der Waals surface area contributed by atoms with Gasteiger partial charge in [0.15, 0.2) is 0 Å². The fraction of sp³-hybridized carbons (Fsp3) is 0. The minimum absolute atomic E-state index is 0. The third kappa shape index (κ3) is 2.49. The molecule has 77 valence electrons. The van der Waals surface area contributed by atoms with E-state index in [9.17, 15) is 8.78 Å². The summed E-state index contributed by atoms with van der Waals surface area (Å²) in [6, 6.07) is 6.28. The van der Waals surface area contributed by atoms with E-state index < -0.39 is 11.6 Å². The molecule has 0 amide bonds. The predicted octanol–water partition coefficient (Wildman–Crippen LogP) is 2.55. The van der Waals surface area contributed by atoms with Crippen LogP contribution in [-0.2, 0) is 20.4 Å².